The summed E-state index contributed by atoms with van der Waals surface area (Å²) in [4.78, 5) is 0. The summed E-state index contributed by atoms with van der Waals surface area (Å²) in [7, 11) is 3.87. The quantitative estimate of drug-likeness (QED) is 0.479. The van der Waals surface area contributed by atoms with Gasteiger partial charge in [0, 0.05) is 11.3 Å². The van der Waals surface area contributed by atoms with Crippen molar-refractivity contribution in [3.63, 3.8) is 0 Å². The molecular weight excluding hydrogens is 234 g/mol. The third-order valence-electron chi connectivity index (χ3n) is 3.02. The lowest BCUT2D eigenvalue weighted by molar-refractivity contribution is 0.503. The summed E-state index contributed by atoms with van der Waals surface area (Å²) >= 11 is 0. The van der Waals surface area contributed by atoms with Crippen molar-refractivity contribution in [3.8, 4) is 0 Å². The molecule has 2 N–H and O–H groups in total. The van der Waals surface area contributed by atoms with Gasteiger partial charge >= 0.3 is 0 Å². The highest BCUT2D eigenvalue weighted by Crippen LogP contribution is 2.37. The molecule has 1 nitrogen and oxygen atoms in total. The highest BCUT2D eigenvalue weighted by atomic mass is 33.1. The van der Waals surface area contributed by atoms with Crippen LogP contribution in [0.1, 0.15) is 58.3 Å². The molecule has 0 aliphatic carbocycles. The van der Waals surface area contributed by atoms with Crippen LogP contribution in [0.3, 0.4) is 0 Å². The molecule has 1 heterocycles. The van der Waals surface area contributed by atoms with E-state index in [1.54, 1.807) is 0 Å². The van der Waals surface area contributed by atoms with Gasteiger partial charge in [0.25, 0.3) is 0 Å². The van der Waals surface area contributed by atoms with Crippen molar-refractivity contribution < 1.29 is 0 Å². The average molecular weight is 259 g/mol. The Morgan fingerprint density at radius 1 is 1.19 bits per heavy atom. The minimum Gasteiger partial charge on any atom is -0.328 e. The van der Waals surface area contributed by atoms with Gasteiger partial charge in [-0.25, -0.2) is 0 Å². The van der Waals surface area contributed by atoms with Gasteiger partial charge in [-0.1, -0.05) is 66.7 Å². The third-order valence-corrected chi connectivity index (χ3v) is 5.45. The molecule has 0 spiro atoms. The smallest absolute Gasteiger partial charge is 0.0342 e. The van der Waals surface area contributed by atoms with Crippen molar-refractivity contribution in [1.82, 2.24) is 0 Å². The molecule has 2 unspecified atom stereocenters. The topological polar surface area (TPSA) is 26.0 Å². The molecule has 1 aliphatic heterocycles. The molecule has 0 amide bonds. The van der Waals surface area contributed by atoms with Gasteiger partial charge in [-0.2, -0.15) is 0 Å². The maximum atomic E-state index is 6.05. The van der Waals surface area contributed by atoms with Gasteiger partial charge in [0.1, 0.15) is 0 Å². The molecule has 0 aromatic carbocycles. The van der Waals surface area contributed by atoms with Crippen LogP contribution < -0.4 is 5.73 Å². The fraction of sp³-hybridized carbons (Fsp3) is 0.846. The Morgan fingerprint density at radius 3 is 2.69 bits per heavy atom. The Balaban J connectivity index is 1.85. The average Bonchev–Trinajstić information content (AvgIpc) is 2.79. The summed E-state index contributed by atoms with van der Waals surface area (Å²) in [6.45, 7) is 2.23. The van der Waals surface area contributed by atoms with E-state index >= 15 is 0 Å². The molecule has 0 radical (unpaired) electrons. The second-order valence-electron chi connectivity index (χ2n) is 4.60. The number of hydrogen-bond donors (Lipinski definition) is 1. The number of rotatable bonds is 9. The van der Waals surface area contributed by atoms with Crippen molar-refractivity contribution >= 4 is 21.6 Å². The number of unbranched alkanes of at least 4 members (excludes halogenated alkanes) is 3. The Hall–Kier alpha value is 0.400. The van der Waals surface area contributed by atoms with Crippen molar-refractivity contribution in [1.29, 1.82) is 0 Å². The summed E-state index contributed by atoms with van der Waals surface area (Å²) in [5, 5.41) is 2.99. The van der Waals surface area contributed by atoms with Gasteiger partial charge in [0.15, 0.2) is 0 Å². The normalized spacial score (nSPS) is 21.5. The Kier molecular flexibility index (Phi) is 8.52. The van der Waals surface area contributed by atoms with E-state index in [1.807, 2.05) is 21.6 Å². The van der Waals surface area contributed by atoms with E-state index in [1.165, 1.54) is 51.4 Å². The molecular formula is C13H25NS2. The van der Waals surface area contributed by atoms with Crippen molar-refractivity contribution in [2.75, 3.05) is 0 Å². The van der Waals surface area contributed by atoms with E-state index in [0.29, 0.717) is 6.04 Å². The minimum atomic E-state index is 0.455. The molecule has 94 valence electrons. The van der Waals surface area contributed by atoms with E-state index in [0.717, 1.165) is 5.25 Å². The fourth-order valence-electron chi connectivity index (χ4n) is 1.94. The Morgan fingerprint density at radius 2 is 2.00 bits per heavy atom. The van der Waals surface area contributed by atoms with Crippen LogP contribution in [-0.4, -0.2) is 11.3 Å². The zero-order valence-electron chi connectivity index (χ0n) is 10.4. The molecule has 0 bridgehead atoms. The number of hydrogen-bond acceptors (Lipinski definition) is 3. The second-order valence-corrected chi connectivity index (χ2v) is 7.02. The summed E-state index contributed by atoms with van der Waals surface area (Å²) in [5.41, 5.74) is 6.05. The molecule has 0 aromatic heterocycles. The van der Waals surface area contributed by atoms with E-state index in [-0.39, 0.29) is 0 Å². The first-order valence-electron chi connectivity index (χ1n) is 6.57. The van der Waals surface area contributed by atoms with Gasteiger partial charge < -0.3 is 5.73 Å². The van der Waals surface area contributed by atoms with Crippen LogP contribution >= 0.6 is 21.6 Å². The highest BCUT2D eigenvalue weighted by molar-refractivity contribution is 8.78. The fourth-order valence-corrected chi connectivity index (χ4v) is 4.20. The molecule has 0 saturated carbocycles. The lowest BCUT2D eigenvalue weighted by atomic mass is 10.0. The lowest BCUT2D eigenvalue weighted by Gasteiger charge is -2.11. The largest absolute Gasteiger partial charge is 0.328 e. The molecule has 3 heteroatoms. The van der Waals surface area contributed by atoms with Crippen LogP contribution in [0, 0.1) is 0 Å². The lowest BCUT2D eigenvalue weighted by Crippen LogP contribution is -2.19. The molecule has 0 fully saturated rings. The standard InChI is InChI=1S/C13H25NS2/c1-2-3-7-12(14)8-5-4-6-9-13-10-11-15-16-13/h10-13H,2-9,14H2,1H3. The molecule has 1 rings (SSSR count). The Bertz CT molecular complexity index is 194. The van der Waals surface area contributed by atoms with E-state index in [9.17, 15) is 0 Å². The molecule has 16 heavy (non-hydrogen) atoms. The van der Waals surface area contributed by atoms with E-state index < -0.39 is 0 Å². The zero-order valence-corrected chi connectivity index (χ0v) is 12.0. The van der Waals surface area contributed by atoms with Gasteiger partial charge in [-0.05, 0) is 24.7 Å². The first kappa shape index (κ1) is 14.5. The highest BCUT2D eigenvalue weighted by Gasteiger charge is 2.09. The van der Waals surface area contributed by atoms with Crippen molar-refractivity contribution in [2.45, 2.75) is 69.6 Å². The van der Waals surface area contributed by atoms with E-state index in [4.69, 9.17) is 5.73 Å². The maximum absolute atomic E-state index is 6.05. The first-order chi connectivity index (χ1) is 7.83. The van der Waals surface area contributed by atoms with Crippen LogP contribution in [0.25, 0.3) is 0 Å². The second kappa shape index (κ2) is 9.43. The van der Waals surface area contributed by atoms with Gasteiger partial charge in [-0.3, -0.25) is 0 Å². The predicted molar refractivity (Wildman–Crippen MR) is 78.7 cm³/mol. The van der Waals surface area contributed by atoms with Crippen LogP contribution in [0.4, 0.5) is 0 Å². The maximum Gasteiger partial charge on any atom is 0.0342 e. The van der Waals surface area contributed by atoms with Gasteiger partial charge in [0.05, 0.1) is 0 Å². The summed E-state index contributed by atoms with van der Waals surface area (Å²) in [6.07, 6.45) is 12.7. The number of nitrogens with two attached hydrogens (primary N) is 1. The predicted octanol–water partition coefficient (Wildman–Crippen LogP) is 4.73. The Labute approximate surface area is 108 Å². The van der Waals surface area contributed by atoms with Crippen LogP contribution in [0.15, 0.2) is 11.5 Å². The van der Waals surface area contributed by atoms with Crippen LogP contribution in [-0.2, 0) is 0 Å². The SMILES string of the molecule is CCCCC(N)CCCCCC1C=CSS1. The zero-order chi connectivity index (χ0) is 11.6. The molecule has 0 aromatic rings. The van der Waals surface area contributed by atoms with Gasteiger partial charge in [0.2, 0.25) is 0 Å². The molecule has 2 atom stereocenters. The monoisotopic (exact) mass is 259 g/mol. The summed E-state index contributed by atoms with van der Waals surface area (Å²) in [6, 6.07) is 0.455. The van der Waals surface area contributed by atoms with Crippen LogP contribution in [0.2, 0.25) is 0 Å². The first-order valence-corrected chi connectivity index (χ1v) is 8.85. The third kappa shape index (κ3) is 6.87. The van der Waals surface area contributed by atoms with Crippen molar-refractivity contribution in [2.24, 2.45) is 5.73 Å². The van der Waals surface area contributed by atoms with Gasteiger partial charge in [-0.15, -0.1) is 0 Å². The minimum absolute atomic E-state index is 0.455. The van der Waals surface area contributed by atoms with Crippen LogP contribution in [0.5, 0.6) is 0 Å². The molecule has 0 saturated heterocycles. The molecule has 1 aliphatic rings. The summed E-state index contributed by atoms with van der Waals surface area (Å²) < 4.78 is 0. The summed E-state index contributed by atoms with van der Waals surface area (Å²) in [5.74, 6) is 0. The van der Waals surface area contributed by atoms with Crippen molar-refractivity contribution in [3.05, 3.63) is 11.5 Å². The van der Waals surface area contributed by atoms with E-state index in [2.05, 4.69) is 18.4 Å².